The third-order valence-corrected chi connectivity index (χ3v) is 3.93. The topological polar surface area (TPSA) is 97.4 Å². The second-order valence-electron chi connectivity index (χ2n) is 5.69. The number of terminal acetylenes is 1. The van der Waals surface area contributed by atoms with Crippen LogP contribution in [-0.4, -0.2) is 51.6 Å². The van der Waals surface area contributed by atoms with E-state index in [-0.39, 0.29) is 26.6 Å². The van der Waals surface area contributed by atoms with Gasteiger partial charge in [0.15, 0.2) is 6.79 Å². The molecule has 1 rings (SSSR count). The molecule has 0 saturated heterocycles. The zero-order valence-corrected chi connectivity index (χ0v) is 17.1. The molecule has 0 spiro atoms. The minimum atomic E-state index is -2.52. The quantitative estimate of drug-likeness (QED) is 0.181. The molecule has 0 radical (unpaired) electrons. The number of carbonyl (C=O) groups is 3. The van der Waals surface area contributed by atoms with Crippen molar-refractivity contribution in [2.24, 2.45) is 5.41 Å². The van der Waals surface area contributed by atoms with Crippen LogP contribution in [0.25, 0.3) is 0 Å². The number of hydrogen-bond donors (Lipinski definition) is 0. The minimum absolute atomic E-state index is 0.0249. The zero-order valence-electron chi connectivity index (χ0n) is 17.1. The van der Waals surface area contributed by atoms with Crippen LogP contribution in [0.2, 0.25) is 0 Å². The van der Waals surface area contributed by atoms with Gasteiger partial charge < -0.3 is 23.7 Å². The van der Waals surface area contributed by atoms with E-state index >= 15 is 0 Å². The monoisotopic (exact) mass is 406 g/mol. The lowest BCUT2D eigenvalue weighted by molar-refractivity contribution is -0.184. The van der Waals surface area contributed by atoms with Crippen molar-refractivity contribution >= 4 is 17.9 Å². The Morgan fingerprint density at radius 1 is 1.00 bits per heavy atom. The highest BCUT2D eigenvalue weighted by molar-refractivity contribution is 6.19. The van der Waals surface area contributed by atoms with Gasteiger partial charge in [-0.3, -0.25) is 14.4 Å². The van der Waals surface area contributed by atoms with Crippen LogP contribution in [0.1, 0.15) is 32.3 Å². The highest BCUT2D eigenvalue weighted by Gasteiger charge is 2.63. The van der Waals surface area contributed by atoms with Crippen LogP contribution in [0.15, 0.2) is 24.3 Å². The predicted octanol–water partition coefficient (Wildman–Crippen LogP) is 2.06. The van der Waals surface area contributed by atoms with Gasteiger partial charge in [0.05, 0.1) is 25.7 Å². The molecule has 8 heteroatoms. The van der Waals surface area contributed by atoms with Gasteiger partial charge in [0, 0.05) is 7.11 Å². The summed E-state index contributed by atoms with van der Waals surface area (Å²) in [6.07, 6.45) is 5.70. The Bertz CT molecular complexity index is 704. The van der Waals surface area contributed by atoms with Crippen molar-refractivity contribution in [3.8, 4) is 18.1 Å². The first-order chi connectivity index (χ1) is 13.9. The molecule has 0 aromatic heterocycles. The van der Waals surface area contributed by atoms with E-state index in [0.29, 0.717) is 11.3 Å². The number of ether oxygens (including phenoxy) is 5. The Labute approximate surface area is 170 Å². The summed E-state index contributed by atoms with van der Waals surface area (Å²) in [7, 11) is 1.46. The minimum Gasteiger partial charge on any atom is -0.468 e. The van der Waals surface area contributed by atoms with Crippen molar-refractivity contribution in [2.45, 2.75) is 26.7 Å². The van der Waals surface area contributed by atoms with E-state index in [1.165, 1.54) is 13.2 Å². The first-order valence-electron chi connectivity index (χ1n) is 9.13. The maximum absolute atomic E-state index is 13.0. The summed E-state index contributed by atoms with van der Waals surface area (Å²) in [5.41, 5.74) is -2.22. The van der Waals surface area contributed by atoms with Gasteiger partial charge in [-0.25, -0.2) is 0 Å². The van der Waals surface area contributed by atoms with E-state index in [1.807, 2.05) is 0 Å². The van der Waals surface area contributed by atoms with Gasteiger partial charge >= 0.3 is 17.9 Å². The van der Waals surface area contributed by atoms with Crippen molar-refractivity contribution < 1.29 is 38.1 Å². The third kappa shape index (κ3) is 5.27. The molecule has 0 saturated carbocycles. The smallest absolute Gasteiger partial charge is 0.336 e. The Morgan fingerprint density at radius 2 is 1.52 bits per heavy atom. The lowest BCUT2D eigenvalue weighted by Gasteiger charge is -2.31. The van der Waals surface area contributed by atoms with Gasteiger partial charge in [-0.2, -0.15) is 0 Å². The second kappa shape index (κ2) is 11.7. The van der Waals surface area contributed by atoms with Crippen LogP contribution in [0.5, 0.6) is 5.75 Å². The second-order valence-corrected chi connectivity index (χ2v) is 5.69. The van der Waals surface area contributed by atoms with Crippen LogP contribution in [0, 0.1) is 17.8 Å². The zero-order chi connectivity index (χ0) is 21.9. The molecule has 1 aromatic carbocycles. The Morgan fingerprint density at radius 3 is 1.93 bits per heavy atom. The van der Waals surface area contributed by atoms with Crippen molar-refractivity contribution in [1.29, 1.82) is 0 Å². The summed E-state index contributed by atoms with van der Waals surface area (Å²) in [6.45, 7) is 4.38. The number of methoxy groups -OCH3 is 1. The van der Waals surface area contributed by atoms with Gasteiger partial charge in [0.2, 0.25) is 0 Å². The Kier molecular flexibility index (Phi) is 9.69. The predicted molar refractivity (Wildman–Crippen MR) is 103 cm³/mol. The molecule has 0 fully saturated rings. The summed E-state index contributed by atoms with van der Waals surface area (Å²) < 4.78 is 25.4. The van der Waals surface area contributed by atoms with Gasteiger partial charge in [0.1, 0.15) is 5.75 Å². The van der Waals surface area contributed by atoms with Gasteiger partial charge in [-0.1, -0.05) is 18.1 Å². The molecule has 0 bridgehead atoms. The molecule has 0 heterocycles. The number of carbonyl (C=O) groups excluding carboxylic acids is 3. The fraction of sp³-hybridized carbons (Fsp3) is 0.476. The molecule has 0 aliphatic heterocycles. The highest BCUT2D eigenvalue weighted by Crippen LogP contribution is 2.41. The van der Waals surface area contributed by atoms with Crippen molar-refractivity contribution in [2.75, 3.05) is 33.7 Å². The van der Waals surface area contributed by atoms with Crippen molar-refractivity contribution in [3.63, 3.8) is 0 Å². The Balaban J connectivity index is 3.66. The molecule has 8 nitrogen and oxygen atoms in total. The normalized spacial score (nSPS) is 11.7. The lowest BCUT2D eigenvalue weighted by Crippen LogP contribution is -2.53. The van der Waals surface area contributed by atoms with Crippen LogP contribution >= 0.6 is 0 Å². The highest BCUT2D eigenvalue weighted by atomic mass is 16.7. The maximum atomic E-state index is 13.0. The van der Waals surface area contributed by atoms with Crippen molar-refractivity contribution in [1.82, 2.24) is 0 Å². The van der Waals surface area contributed by atoms with Crippen molar-refractivity contribution in [3.05, 3.63) is 29.8 Å². The molecule has 1 atom stereocenters. The van der Waals surface area contributed by atoms with Gasteiger partial charge in [0.25, 0.3) is 5.41 Å². The van der Waals surface area contributed by atoms with Crippen LogP contribution < -0.4 is 4.74 Å². The van der Waals surface area contributed by atoms with E-state index < -0.39 is 29.2 Å². The molecule has 158 valence electrons. The number of hydrogen-bond acceptors (Lipinski definition) is 8. The maximum Gasteiger partial charge on any atom is 0.336 e. The molecular formula is C21H26O8. The van der Waals surface area contributed by atoms with Crippen LogP contribution in [-0.2, 0) is 33.3 Å². The average molecular weight is 406 g/mol. The third-order valence-electron chi connectivity index (χ3n) is 3.93. The first-order valence-corrected chi connectivity index (χ1v) is 9.13. The summed E-state index contributed by atoms with van der Waals surface area (Å²) >= 11 is 0. The number of benzene rings is 1. The van der Waals surface area contributed by atoms with Gasteiger partial charge in [-0.05, 0) is 38.5 Å². The fourth-order valence-corrected chi connectivity index (χ4v) is 2.72. The molecule has 1 aromatic rings. The molecule has 0 aliphatic carbocycles. The summed E-state index contributed by atoms with van der Waals surface area (Å²) in [4.78, 5) is 38.9. The molecule has 0 N–H and O–H groups in total. The molecule has 0 aliphatic rings. The van der Waals surface area contributed by atoms with E-state index in [1.54, 1.807) is 39.0 Å². The van der Waals surface area contributed by atoms with Gasteiger partial charge in [-0.15, -0.1) is 6.42 Å². The van der Waals surface area contributed by atoms with E-state index in [0.717, 1.165) is 0 Å². The van der Waals surface area contributed by atoms with E-state index in [4.69, 9.17) is 30.1 Å². The number of rotatable bonds is 11. The SMILES string of the molecule is C#C[C@H](c1cccc(OCOC)c1)C(C(=O)OCC)(C(=O)OCC)C(=O)OCC. The van der Waals surface area contributed by atoms with Crippen LogP contribution in [0.4, 0.5) is 0 Å². The largest absolute Gasteiger partial charge is 0.468 e. The Hall–Kier alpha value is -3.05. The molecule has 29 heavy (non-hydrogen) atoms. The first kappa shape index (κ1) is 24.0. The lowest BCUT2D eigenvalue weighted by atomic mass is 9.71. The average Bonchev–Trinajstić information content (AvgIpc) is 2.70. The summed E-state index contributed by atoms with van der Waals surface area (Å²) in [5.74, 6) is -2.02. The van der Waals surface area contributed by atoms with E-state index in [9.17, 15) is 14.4 Å². The summed E-state index contributed by atoms with van der Waals surface area (Å²) in [6, 6.07) is 6.32. The van der Waals surface area contributed by atoms with E-state index in [2.05, 4.69) is 5.92 Å². The fourth-order valence-electron chi connectivity index (χ4n) is 2.72. The molecule has 0 amide bonds. The standard InChI is InChI=1S/C21H26O8/c1-6-17(15-11-10-12-16(13-15)29-14-25-5)21(18(22)26-7-2,19(23)27-8-3)20(24)28-9-4/h1,10-13,17H,7-9,14H2,2-5H3/t17-/m1/s1. The molecule has 0 unspecified atom stereocenters. The molecular weight excluding hydrogens is 380 g/mol. The van der Waals surface area contributed by atoms with Crippen LogP contribution in [0.3, 0.4) is 0 Å². The summed E-state index contributed by atoms with van der Waals surface area (Å²) in [5, 5.41) is 0. The number of esters is 3.